The van der Waals surface area contributed by atoms with Crippen molar-refractivity contribution in [1.29, 1.82) is 0 Å². The highest BCUT2D eigenvalue weighted by Gasteiger charge is 2.39. The molecule has 98 valence electrons. The van der Waals surface area contributed by atoms with Gasteiger partial charge in [-0.3, -0.25) is 4.79 Å². The molecule has 2 bridgehead atoms. The second-order valence-corrected chi connectivity index (χ2v) is 6.76. The largest absolute Gasteiger partial charge is 0.358 e. The zero-order chi connectivity index (χ0) is 12.7. The average Bonchev–Trinajstić information content (AvgIpc) is 2.94. The minimum atomic E-state index is -0.0413. The van der Waals surface area contributed by atoms with Crippen LogP contribution in [0.4, 0.5) is 5.82 Å². The molecule has 5 heteroatoms. The first-order valence-electron chi connectivity index (χ1n) is 6.59. The van der Waals surface area contributed by atoms with Gasteiger partial charge in [-0.2, -0.15) is 0 Å². The summed E-state index contributed by atoms with van der Waals surface area (Å²) in [5, 5.41) is 0. The molecular weight excluding hydrogens is 341 g/mol. The molecular formula is C13H18IN3O. The summed E-state index contributed by atoms with van der Waals surface area (Å²) in [6.45, 7) is 1.04. The third kappa shape index (κ3) is 2.17. The summed E-state index contributed by atoms with van der Waals surface area (Å²) in [7, 11) is 2.05. The van der Waals surface area contributed by atoms with Crippen LogP contribution in [0.25, 0.3) is 0 Å². The minimum Gasteiger partial charge on any atom is -0.358 e. The third-order valence-electron chi connectivity index (χ3n) is 4.53. The number of rotatable bonds is 3. The molecule has 2 aliphatic carbocycles. The monoisotopic (exact) mass is 359 g/mol. The molecule has 1 aromatic rings. The molecule has 3 atom stereocenters. The molecule has 2 aliphatic rings. The Morgan fingerprint density at radius 3 is 3.00 bits per heavy atom. The maximum absolute atomic E-state index is 11.6. The second kappa shape index (κ2) is 4.83. The van der Waals surface area contributed by atoms with Crippen molar-refractivity contribution in [3.8, 4) is 0 Å². The summed E-state index contributed by atoms with van der Waals surface area (Å²) in [4.78, 5) is 20.7. The van der Waals surface area contributed by atoms with Crippen LogP contribution in [0.5, 0.6) is 0 Å². The van der Waals surface area contributed by atoms with Gasteiger partial charge in [0, 0.05) is 13.6 Å². The first-order chi connectivity index (χ1) is 8.65. The molecule has 3 rings (SSSR count). The van der Waals surface area contributed by atoms with Crippen LogP contribution in [-0.4, -0.2) is 23.6 Å². The van der Waals surface area contributed by atoms with E-state index in [9.17, 15) is 4.79 Å². The highest BCUT2D eigenvalue weighted by molar-refractivity contribution is 14.1. The average molecular weight is 359 g/mol. The SMILES string of the molecule is CN(CC1CC2CCC1C2)c1nc[nH]c(=O)c1I. The van der Waals surface area contributed by atoms with Gasteiger partial charge in [-0.25, -0.2) is 4.98 Å². The molecule has 0 aliphatic heterocycles. The van der Waals surface area contributed by atoms with Crippen LogP contribution in [-0.2, 0) is 0 Å². The number of aromatic amines is 1. The Hall–Kier alpha value is -0.590. The number of fused-ring (bicyclic) bond motifs is 2. The van der Waals surface area contributed by atoms with Crippen LogP contribution in [0.2, 0.25) is 0 Å². The number of hydrogen-bond acceptors (Lipinski definition) is 3. The third-order valence-corrected chi connectivity index (χ3v) is 5.50. The van der Waals surface area contributed by atoms with Crippen molar-refractivity contribution in [2.75, 3.05) is 18.5 Å². The Bertz CT molecular complexity index is 501. The number of halogens is 1. The lowest BCUT2D eigenvalue weighted by atomic mass is 9.88. The molecule has 0 amide bonds. The standard InChI is InChI=1S/C13H18IN3O/c1-17(12-11(14)13(18)16-7-15-12)6-10-5-8-2-3-9(10)4-8/h7-10H,2-6H2,1H3,(H,15,16,18). The van der Waals surface area contributed by atoms with Gasteiger partial charge in [0.15, 0.2) is 0 Å². The van der Waals surface area contributed by atoms with E-state index in [1.165, 1.54) is 32.0 Å². The van der Waals surface area contributed by atoms with Gasteiger partial charge < -0.3 is 9.88 Å². The first-order valence-corrected chi connectivity index (χ1v) is 7.67. The first kappa shape index (κ1) is 12.4. The van der Waals surface area contributed by atoms with E-state index in [-0.39, 0.29) is 5.56 Å². The predicted molar refractivity (Wildman–Crippen MR) is 79.8 cm³/mol. The molecule has 1 aromatic heterocycles. The van der Waals surface area contributed by atoms with Crippen molar-refractivity contribution in [3.05, 3.63) is 20.3 Å². The summed E-state index contributed by atoms with van der Waals surface area (Å²) < 4.78 is 0.695. The van der Waals surface area contributed by atoms with E-state index in [0.29, 0.717) is 3.57 Å². The molecule has 3 unspecified atom stereocenters. The summed E-state index contributed by atoms with van der Waals surface area (Å²) >= 11 is 2.08. The molecule has 18 heavy (non-hydrogen) atoms. The lowest BCUT2D eigenvalue weighted by Crippen LogP contribution is -2.31. The Morgan fingerprint density at radius 2 is 2.33 bits per heavy atom. The van der Waals surface area contributed by atoms with Crippen molar-refractivity contribution in [1.82, 2.24) is 9.97 Å². The fourth-order valence-corrected chi connectivity index (χ4v) is 4.38. The fourth-order valence-electron chi connectivity index (χ4n) is 3.68. The van der Waals surface area contributed by atoms with Crippen molar-refractivity contribution in [2.45, 2.75) is 25.7 Å². The summed E-state index contributed by atoms with van der Waals surface area (Å²) in [5.41, 5.74) is -0.0413. The van der Waals surface area contributed by atoms with Crippen LogP contribution in [0.3, 0.4) is 0 Å². The van der Waals surface area contributed by atoms with Crippen LogP contribution in [0.1, 0.15) is 25.7 Å². The van der Waals surface area contributed by atoms with E-state index in [4.69, 9.17) is 0 Å². The van der Waals surface area contributed by atoms with Crippen LogP contribution < -0.4 is 10.5 Å². The van der Waals surface area contributed by atoms with Crippen molar-refractivity contribution in [3.63, 3.8) is 0 Å². The molecule has 4 nitrogen and oxygen atoms in total. The lowest BCUT2D eigenvalue weighted by molar-refractivity contribution is 0.337. The van der Waals surface area contributed by atoms with E-state index in [1.807, 2.05) is 0 Å². The maximum atomic E-state index is 11.6. The number of nitrogens with one attached hydrogen (secondary N) is 1. The zero-order valence-corrected chi connectivity index (χ0v) is 12.7. The quantitative estimate of drug-likeness (QED) is 0.843. The van der Waals surface area contributed by atoms with Crippen LogP contribution >= 0.6 is 22.6 Å². The lowest BCUT2D eigenvalue weighted by Gasteiger charge is -2.28. The summed E-state index contributed by atoms with van der Waals surface area (Å²) in [6, 6.07) is 0. The predicted octanol–water partition coefficient (Wildman–Crippen LogP) is 2.25. The number of nitrogens with zero attached hydrogens (tertiary/aromatic N) is 2. The van der Waals surface area contributed by atoms with Gasteiger partial charge in [0.05, 0.1) is 6.33 Å². The van der Waals surface area contributed by atoms with Gasteiger partial charge >= 0.3 is 0 Å². The molecule has 1 N–H and O–H groups in total. The van der Waals surface area contributed by atoms with E-state index >= 15 is 0 Å². The fraction of sp³-hybridized carbons (Fsp3) is 0.692. The van der Waals surface area contributed by atoms with Crippen molar-refractivity contribution < 1.29 is 0 Å². The van der Waals surface area contributed by atoms with E-state index in [2.05, 4.69) is 44.5 Å². The number of anilines is 1. The maximum Gasteiger partial charge on any atom is 0.266 e. The smallest absolute Gasteiger partial charge is 0.266 e. The second-order valence-electron chi connectivity index (χ2n) is 5.68. The molecule has 0 spiro atoms. The Labute approximate surface area is 120 Å². The Kier molecular flexibility index (Phi) is 3.34. The molecule has 1 heterocycles. The molecule has 0 saturated heterocycles. The normalized spacial score (nSPS) is 29.8. The molecule has 0 radical (unpaired) electrons. The zero-order valence-electron chi connectivity index (χ0n) is 10.5. The van der Waals surface area contributed by atoms with Gasteiger partial charge in [-0.15, -0.1) is 0 Å². The van der Waals surface area contributed by atoms with Crippen molar-refractivity contribution in [2.24, 2.45) is 17.8 Å². The van der Waals surface area contributed by atoms with E-state index < -0.39 is 0 Å². The van der Waals surface area contributed by atoms with Gasteiger partial charge in [0.2, 0.25) is 0 Å². The van der Waals surface area contributed by atoms with E-state index in [0.717, 1.165) is 30.1 Å². The highest BCUT2D eigenvalue weighted by Crippen LogP contribution is 2.48. The minimum absolute atomic E-state index is 0.0413. The van der Waals surface area contributed by atoms with Gasteiger partial charge in [-0.1, -0.05) is 6.42 Å². The molecule has 2 saturated carbocycles. The van der Waals surface area contributed by atoms with Gasteiger partial charge in [0.25, 0.3) is 5.56 Å². The topological polar surface area (TPSA) is 49.0 Å². The van der Waals surface area contributed by atoms with Crippen LogP contribution in [0.15, 0.2) is 11.1 Å². The van der Waals surface area contributed by atoms with Gasteiger partial charge in [0.1, 0.15) is 9.39 Å². The van der Waals surface area contributed by atoms with Crippen molar-refractivity contribution >= 4 is 28.4 Å². The molecule has 2 fully saturated rings. The van der Waals surface area contributed by atoms with Gasteiger partial charge in [-0.05, 0) is 59.6 Å². The van der Waals surface area contributed by atoms with E-state index in [1.54, 1.807) is 0 Å². The Balaban J connectivity index is 1.73. The highest BCUT2D eigenvalue weighted by atomic mass is 127. The summed E-state index contributed by atoms with van der Waals surface area (Å²) in [5.74, 6) is 3.50. The summed E-state index contributed by atoms with van der Waals surface area (Å²) in [6.07, 6.45) is 7.14. The number of H-pyrrole nitrogens is 1. The van der Waals surface area contributed by atoms with Crippen LogP contribution in [0, 0.1) is 21.3 Å². The molecule has 0 aromatic carbocycles. The Morgan fingerprint density at radius 1 is 1.50 bits per heavy atom. The number of hydrogen-bond donors (Lipinski definition) is 1. The number of aromatic nitrogens is 2.